The maximum absolute atomic E-state index is 13.8. The highest BCUT2D eigenvalue weighted by Crippen LogP contribution is 2.34. The molecule has 266 valence electrons. The van der Waals surface area contributed by atoms with Crippen LogP contribution in [0.5, 0.6) is 0 Å². The SMILES string of the molecule is CC1CCC(CCc2ccc(-c3cc(F)c(C#N)c(F)c3)cc2)CC1.CCC1CCC(CCc2ccc(-c3cc(F)c(C#N)c(F)c3)cc2)CC1. The molecule has 0 aromatic heterocycles. The monoisotopic (exact) mass is 692 g/mol. The van der Waals surface area contributed by atoms with Crippen LogP contribution in [-0.4, -0.2) is 0 Å². The van der Waals surface area contributed by atoms with Gasteiger partial charge in [0.15, 0.2) is 0 Å². The van der Waals surface area contributed by atoms with Gasteiger partial charge in [0.25, 0.3) is 0 Å². The lowest BCUT2D eigenvalue weighted by Gasteiger charge is -2.27. The highest BCUT2D eigenvalue weighted by atomic mass is 19.1. The standard InChI is InChI=1S/C23H25F2N.C22H23F2N/c1-2-16-3-5-17(6-4-16)7-8-18-9-11-19(12-10-18)20-13-22(24)21(15-26)23(25)14-20;1-15-2-4-16(5-3-15)6-7-17-8-10-18(11-9-17)19-12-21(23)20(14-25)22(24)13-19/h9-14,16-17H,2-8H2,1H3;8-13,15-16H,2-7H2,1H3. The Hall–Kier alpha value is -4.42. The van der Waals surface area contributed by atoms with E-state index in [0.29, 0.717) is 11.1 Å². The van der Waals surface area contributed by atoms with Gasteiger partial charge in [0.05, 0.1) is 0 Å². The first-order valence-corrected chi connectivity index (χ1v) is 18.6. The molecule has 0 heterocycles. The van der Waals surface area contributed by atoms with Crippen molar-refractivity contribution in [3.05, 3.63) is 118 Å². The Morgan fingerprint density at radius 2 is 0.843 bits per heavy atom. The number of benzene rings is 4. The van der Waals surface area contributed by atoms with E-state index in [2.05, 4.69) is 13.8 Å². The van der Waals surface area contributed by atoms with Gasteiger partial charge in [-0.2, -0.15) is 10.5 Å². The van der Waals surface area contributed by atoms with Crippen LogP contribution in [0.3, 0.4) is 0 Å². The third-order valence-electron chi connectivity index (χ3n) is 11.2. The van der Waals surface area contributed by atoms with Crippen LogP contribution in [0.1, 0.15) is 107 Å². The summed E-state index contributed by atoms with van der Waals surface area (Å²) in [4.78, 5) is 0. The molecule has 4 aromatic rings. The van der Waals surface area contributed by atoms with Gasteiger partial charge in [0, 0.05) is 0 Å². The molecule has 0 spiro atoms. The van der Waals surface area contributed by atoms with Gasteiger partial charge >= 0.3 is 0 Å². The fourth-order valence-electron chi connectivity index (χ4n) is 7.71. The summed E-state index contributed by atoms with van der Waals surface area (Å²) in [6, 6.07) is 23.8. The van der Waals surface area contributed by atoms with Crippen LogP contribution >= 0.6 is 0 Å². The number of rotatable bonds is 9. The Morgan fingerprint density at radius 3 is 1.18 bits per heavy atom. The predicted octanol–water partition coefficient (Wildman–Crippen LogP) is 12.9. The van der Waals surface area contributed by atoms with Crippen molar-refractivity contribution in [1.29, 1.82) is 10.5 Å². The van der Waals surface area contributed by atoms with Crippen molar-refractivity contribution in [2.45, 2.75) is 97.3 Å². The van der Waals surface area contributed by atoms with Gasteiger partial charge in [-0.3, -0.25) is 0 Å². The normalized spacial score (nSPS) is 20.1. The second-order valence-corrected chi connectivity index (χ2v) is 14.7. The number of aryl methyl sites for hydroxylation is 2. The van der Waals surface area contributed by atoms with Crippen molar-refractivity contribution in [3.63, 3.8) is 0 Å². The van der Waals surface area contributed by atoms with Crippen molar-refractivity contribution >= 4 is 0 Å². The van der Waals surface area contributed by atoms with E-state index in [-0.39, 0.29) is 0 Å². The molecule has 0 saturated heterocycles. The number of hydrogen-bond donors (Lipinski definition) is 0. The average molecular weight is 693 g/mol. The molecule has 0 N–H and O–H groups in total. The Morgan fingerprint density at radius 1 is 0.510 bits per heavy atom. The highest BCUT2D eigenvalue weighted by Gasteiger charge is 2.20. The molecule has 2 fully saturated rings. The van der Waals surface area contributed by atoms with Gasteiger partial charge in [-0.1, -0.05) is 120 Å². The van der Waals surface area contributed by atoms with Gasteiger partial charge in [-0.15, -0.1) is 0 Å². The van der Waals surface area contributed by atoms with E-state index in [1.54, 1.807) is 12.1 Å². The zero-order valence-electron chi connectivity index (χ0n) is 29.8. The molecule has 0 radical (unpaired) electrons. The number of nitrogens with zero attached hydrogens (tertiary/aromatic N) is 2. The summed E-state index contributed by atoms with van der Waals surface area (Å²) in [5.74, 6) is 0.226. The molecule has 0 aliphatic heterocycles. The molecule has 2 nitrogen and oxygen atoms in total. The Balaban J connectivity index is 0.000000198. The summed E-state index contributed by atoms with van der Waals surface area (Å²) < 4.78 is 55.1. The zero-order valence-corrected chi connectivity index (χ0v) is 29.8. The topological polar surface area (TPSA) is 47.6 Å². The van der Waals surface area contributed by atoms with Crippen molar-refractivity contribution in [3.8, 4) is 34.4 Å². The number of halogens is 4. The fraction of sp³-hybridized carbons (Fsp3) is 0.422. The van der Waals surface area contributed by atoms with E-state index >= 15 is 0 Å². The Labute approximate surface area is 301 Å². The van der Waals surface area contributed by atoms with E-state index < -0.39 is 34.4 Å². The maximum atomic E-state index is 13.8. The molecule has 0 amide bonds. The molecule has 0 unspecified atom stereocenters. The van der Waals surface area contributed by atoms with Gasteiger partial charge in [-0.05, 0) is 107 Å². The molecule has 2 aliphatic carbocycles. The summed E-state index contributed by atoms with van der Waals surface area (Å²) in [6.45, 7) is 4.63. The van der Waals surface area contributed by atoms with Gasteiger partial charge in [0.2, 0.25) is 0 Å². The second kappa shape index (κ2) is 18.2. The highest BCUT2D eigenvalue weighted by molar-refractivity contribution is 5.66. The fourth-order valence-corrected chi connectivity index (χ4v) is 7.71. The lowest BCUT2D eigenvalue weighted by Crippen LogP contribution is -2.14. The predicted molar refractivity (Wildman–Crippen MR) is 197 cm³/mol. The lowest BCUT2D eigenvalue weighted by atomic mass is 9.78. The molecular weight excluding hydrogens is 645 g/mol. The summed E-state index contributed by atoms with van der Waals surface area (Å²) >= 11 is 0. The van der Waals surface area contributed by atoms with E-state index in [0.717, 1.165) is 47.6 Å². The minimum absolute atomic E-state index is 0.460. The Kier molecular flexibility index (Phi) is 13.5. The summed E-state index contributed by atoms with van der Waals surface area (Å²) in [5.41, 5.74) is 3.92. The van der Waals surface area contributed by atoms with Crippen LogP contribution in [0.15, 0.2) is 72.8 Å². The molecule has 2 aliphatic rings. The molecule has 51 heavy (non-hydrogen) atoms. The largest absolute Gasteiger partial charge is 0.205 e. The average Bonchev–Trinajstić information content (AvgIpc) is 3.14. The molecule has 2 saturated carbocycles. The second-order valence-electron chi connectivity index (χ2n) is 14.7. The first kappa shape index (κ1) is 37.8. The first-order chi connectivity index (χ1) is 24.7. The van der Waals surface area contributed by atoms with E-state index in [1.165, 1.54) is 106 Å². The molecular formula is C45H48F4N2. The van der Waals surface area contributed by atoms with Crippen LogP contribution in [0.25, 0.3) is 22.3 Å². The van der Waals surface area contributed by atoms with E-state index in [9.17, 15) is 17.6 Å². The molecule has 0 bridgehead atoms. The number of nitriles is 2. The first-order valence-electron chi connectivity index (χ1n) is 18.6. The van der Waals surface area contributed by atoms with Crippen molar-refractivity contribution < 1.29 is 17.6 Å². The van der Waals surface area contributed by atoms with Crippen molar-refractivity contribution in [1.82, 2.24) is 0 Å². The summed E-state index contributed by atoms with van der Waals surface area (Å²) in [5, 5.41) is 17.5. The smallest absolute Gasteiger partial charge is 0.144 e. The van der Waals surface area contributed by atoms with Crippen molar-refractivity contribution in [2.24, 2.45) is 23.7 Å². The molecule has 4 aromatic carbocycles. The lowest BCUT2D eigenvalue weighted by molar-refractivity contribution is 0.259. The van der Waals surface area contributed by atoms with Crippen LogP contribution < -0.4 is 0 Å². The van der Waals surface area contributed by atoms with Crippen LogP contribution in [0.4, 0.5) is 17.6 Å². The number of hydrogen-bond acceptors (Lipinski definition) is 2. The van der Waals surface area contributed by atoms with E-state index in [1.807, 2.05) is 48.5 Å². The maximum Gasteiger partial charge on any atom is 0.144 e. The van der Waals surface area contributed by atoms with Gasteiger partial charge < -0.3 is 0 Å². The minimum atomic E-state index is -0.812. The minimum Gasteiger partial charge on any atom is -0.205 e. The van der Waals surface area contributed by atoms with E-state index in [4.69, 9.17) is 10.5 Å². The zero-order chi connectivity index (χ0) is 36.3. The van der Waals surface area contributed by atoms with Gasteiger partial charge in [-0.25, -0.2) is 17.6 Å². The quantitative estimate of drug-likeness (QED) is 0.164. The van der Waals surface area contributed by atoms with Crippen molar-refractivity contribution in [2.75, 3.05) is 0 Å². The molecule has 6 heteroatoms. The van der Waals surface area contributed by atoms with Gasteiger partial charge in [0.1, 0.15) is 46.5 Å². The summed E-state index contributed by atoms with van der Waals surface area (Å²) in [6.07, 6.45) is 16.7. The summed E-state index contributed by atoms with van der Waals surface area (Å²) in [7, 11) is 0. The van der Waals surface area contributed by atoms with Crippen LogP contribution in [0, 0.1) is 69.6 Å². The molecule has 6 rings (SSSR count). The van der Waals surface area contributed by atoms with Crippen LogP contribution in [0.2, 0.25) is 0 Å². The third-order valence-corrected chi connectivity index (χ3v) is 11.2. The third kappa shape index (κ3) is 10.3. The van der Waals surface area contributed by atoms with Crippen LogP contribution in [-0.2, 0) is 12.8 Å². The molecule has 0 atom stereocenters. The Bertz CT molecular complexity index is 1770.